The Balaban J connectivity index is 2.20. The smallest absolute Gasteiger partial charge is 0.363 e. The van der Waals surface area contributed by atoms with Crippen molar-refractivity contribution in [2.45, 2.75) is 13.8 Å². The highest BCUT2D eigenvalue weighted by Crippen LogP contribution is 2.23. The highest BCUT2D eigenvalue weighted by molar-refractivity contribution is 6.08. The Labute approximate surface area is 114 Å². The fraction of sp³-hybridized carbons (Fsp3) is 0.143. The van der Waals surface area contributed by atoms with Crippen LogP contribution in [0.15, 0.2) is 35.2 Å². The largest absolute Gasteiger partial charge is 0.407 e. The number of cyclic esters (lactones) is 1. The van der Waals surface area contributed by atoms with Crippen molar-refractivity contribution in [1.82, 2.24) is 9.55 Å². The van der Waals surface area contributed by atoms with Gasteiger partial charge in [0.15, 0.2) is 11.6 Å². The number of aromatic nitrogens is 2. The molecular formula is C14H11N3O3. The van der Waals surface area contributed by atoms with Gasteiger partial charge in [0.05, 0.1) is 0 Å². The Bertz CT molecular complexity index is 799. The molecule has 3 heterocycles. The number of hydrogen-bond donors (Lipinski definition) is 0. The van der Waals surface area contributed by atoms with Gasteiger partial charge >= 0.3 is 5.97 Å². The summed E-state index contributed by atoms with van der Waals surface area (Å²) in [5, 5.41) is 0.780. The molecule has 6 heteroatoms. The lowest BCUT2D eigenvalue weighted by Crippen LogP contribution is -2.03. The lowest BCUT2D eigenvalue weighted by Gasteiger charge is -1.95. The van der Waals surface area contributed by atoms with Crippen LogP contribution in [0.25, 0.3) is 17.1 Å². The molecule has 100 valence electrons. The number of carbonyl (C=O) groups is 2. The first-order valence-electron chi connectivity index (χ1n) is 6.02. The van der Waals surface area contributed by atoms with Crippen molar-refractivity contribution in [1.29, 1.82) is 0 Å². The second-order valence-corrected chi connectivity index (χ2v) is 4.40. The van der Waals surface area contributed by atoms with E-state index in [4.69, 9.17) is 4.74 Å². The summed E-state index contributed by atoms with van der Waals surface area (Å²) in [5.74, 6) is -0.322. The van der Waals surface area contributed by atoms with E-state index in [2.05, 4.69) is 9.98 Å². The second kappa shape index (κ2) is 4.41. The molecule has 0 saturated heterocycles. The van der Waals surface area contributed by atoms with E-state index in [0.29, 0.717) is 17.1 Å². The predicted octanol–water partition coefficient (Wildman–Crippen LogP) is 2.01. The van der Waals surface area contributed by atoms with Gasteiger partial charge in [-0.05, 0) is 18.2 Å². The van der Waals surface area contributed by atoms with Gasteiger partial charge in [-0.15, -0.1) is 0 Å². The van der Waals surface area contributed by atoms with E-state index in [9.17, 15) is 9.59 Å². The number of hydrogen-bond acceptors (Lipinski definition) is 5. The molecule has 0 bridgehead atoms. The molecule has 1 aliphatic rings. The lowest BCUT2D eigenvalue weighted by molar-refractivity contribution is -0.130. The van der Waals surface area contributed by atoms with Crippen LogP contribution in [-0.2, 0) is 9.53 Å². The number of pyridine rings is 1. The molecule has 2 aromatic rings. The summed E-state index contributed by atoms with van der Waals surface area (Å²) >= 11 is 0. The standard InChI is InChI=1S/C14H11N3O3/c1-8-16-12(14(19)20-8)6-10-7-17(9(2)18)13-11(10)4-3-5-15-13/h3-7H,1-2H3. The molecule has 0 fully saturated rings. The fourth-order valence-electron chi connectivity index (χ4n) is 2.10. The summed E-state index contributed by atoms with van der Waals surface area (Å²) in [6.07, 6.45) is 4.86. The van der Waals surface area contributed by atoms with Crippen LogP contribution in [0, 0.1) is 0 Å². The third kappa shape index (κ3) is 1.91. The van der Waals surface area contributed by atoms with Crippen molar-refractivity contribution in [3.8, 4) is 0 Å². The molecule has 1 aliphatic heterocycles. The third-order valence-corrected chi connectivity index (χ3v) is 2.95. The van der Waals surface area contributed by atoms with Crippen LogP contribution >= 0.6 is 0 Å². The van der Waals surface area contributed by atoms with Gasteiger partial charge in [-0.2, -0.15) is 0 Å². The molecular weight excluding hydrogens is 258 g/mol. The number of fused-ring (bicyclic) bond motifs is 1. The zero-order valence-electron chi connectivity index (χ0n) is 11.0. The van der Waals surface area contributed by atoms with Crippen molar-refractivity contribution in [3.63, 3.8) is 0 Å². The molecule has 0 radical (unpaired) electrons. The Morgan fingerprint density at radius 1 is 1.45 bits per heavy atom. The summed E-state index contributed by atoms with van der Waals surface area (Å²) < 4.78 is 6.31. The van der Waals surface area contributed by atoms with E-state index < -0.39 is 5.97 Å². The van der Waals surface area contributed by atoms with Gasteiger partial charge in [0.25, 0.3) is 0 Å². The van der Waals surface area contributed by atoms with E-state index in [1.807, 2.05) is 6.07 Å². The van der Waals surface area contributed by atoms with Crippen LogP contribution < -0.4 is 0 Å². The number of nitrogens with zero attached hydrogens (tertiary/aromatic N) is 3. The molecule has 3 rings (SSSR count). The Kier molecular flexibility index (Phi) is 2.71. The van der Waals surface area contributed by atoms with Gasteiger partial charge in [0.1, 0.15) is 5.65 Å². The third-order valence-electron chi connectivity index (χ3n) is 2.95. The van der Waals surface area contributed by atoms with Crippen LogP contribution in [0.3, 0.4) is 0 Å². The summed E-state index contributed by atoms with van der Waals surface area (Å²) in [7, 11) is 0. The topological polar surface area (TPSA) is 73.6 Å². The average Bonchev–Trinajstić information content (AvgIpc) is 2.92. The minimum atomic E-state index is -0.491. The first kappa shape index (κ1) is 12.3. The van der Waals surface area contributed by atoms with Gasteiger partial charge in [-0.3, -0.25) is 9.36 Å². The van der Waals surface area contributed by atoms with Crippen molar-refractivity contribution >= 4 is 34.9 Å². The highest BCUT2D eigenvalue weighted by atomic mass is 16.6. The average molecular weight is 269 g/mol. The van der Waals surface area contributed by atoms with E-state index in [1.54, 1.807) is 31.5 Å². The van der Waals surface area contributed by atoms with Crippen LogP contribution in [-0.4, -0.2) is 27.3 Å². The van der Waals surface area contributed by atoms with Crippen molar-refractivity contribution in [3.05, 3.63) is 35.8 Å². The maximum absolute atomic E-state index is 11.6. The van der Waals surface area contributed by atoms with Gasteiger partial charge in [0.2, 0.25) is 5.91 Å². The summed E-state index contributed by atoms with van der Waals surface area (Å²) in [5.41, 5.74) is 1.47. The Morgan fingerprint density at radius 2 is 2.25 bits per heavy atom. The van der Waals surface area contributed by atoms with Crippen LogP contribution in [0.5, 0.6) is 0 Å². The molecule has 2 aromatic heterocycles. The van der Waals surface area contributed by atoms with Gasteiger partial charge in [-0.25, -0.2) is 14.8 Å². The normalized spacial score (nSPS) is 16.6. The first-order valence-corrected chi connectivity index (χ1v) is 6.02. The Morgan fingerprint density at radius 3 is 2.90 bits per heavy atom. The summed E-state index contributed by atoms with van der Waals surface area (Å²) in [6, 6.07) is 3.61. The van der Waals surface area contributed by atoms with E-state index in [-0.39, 0.29) is 11.6 Å². The maximum Gasteiger partial charge on any atom is 0.363 e. The van der Waals surface area contributed by atoms with Crippen LogP contribution in [0.2, 0.25) is 0 Å². The second-order valence-electron chi connectivity index (χ2n) is 4.40. The SMILES string of the molecule is CC(=O)n1cc(C=C2N=C(C)OC2=O)c2cccnc21. The molecule has 0 N–H and O–H groups in total. The van der Waals surface area contributed by atoms with Gasteiger partial charge in [0, 0.05) is 37.2 Å². The zero-order valence-corrected chi connectivity index (χ0v) is 11.0. The fourth-order valence-corrected chi connectivity index (χ4v) is 2.10. The quantitative estimate of drug-likeness (QED) is 0.586. The Hall–Kier alpha value is -2.76. The minimum Gasteiger partial charge on any atom is -0.407 e. The molecule has 0 atom stereocenters. The number of ether oxygens (including phenoxy) is 1. The predicted molar refractivity (Wildman–Crippen MR) is 73.2 cm³/mol. The molecule has 0 saturated carbocycles. The highest BCUT2D eigenvalue weighted by Gasteiger charge is 2.21. The number of rotatable bonds is 1. The van der Waals surface area contributed by atoms with Gasteiger partial charge in [-0.1, -0.05) is 0 Å². The van der Waals surface area contributed by atoms with Crippen molar-refractivity contribution in [2.24, 2.45) is 4.99 Å². The molecule has 0 unspecified atom stereocenters. The number of aliphatic imine (C=N–C) groups is 1. The molecule has 6 nitrogen and oxygen atoms in total. The molecule has 0 aromatic carbocycles. The first-order chi connectivity index (χ1) is 9.56. The molecule has 0 amide bonds. The number of esters is 1. The van der Waals surface area contributed by atoms with Crippen LogP contribution in [0.4, 0.5) is 0 Å². The van der Waals surface area contributed by atoms with Gasteiger partial charge < -0.3 is 4.74 Å². The zero-order chi connectivity index (χ0) is 14.3. The molecule has 20 heavy (non-hydrogen) atoms. The number of carbonyl (C=O) groups excluding carboxylic acids is 2. The van der Waals surface area contributed by atoms with Crippen LogP contribution in [0.1, 0.15) is 24.2 Å². The van der Waals surface area contributed by atoms with E-state index in [0.717, 1.165) is 5.39 Å². The van der Waals surface area contributed by atoms with Crippen molar-refractivity contribution < 1.29 is 14.3 Å². The van der Waals surface area contributed by atoms with Crippen molar-refractivity contribution in [2.75, 3.05) is 0 Å². The lowest BCUT2D eigenvalue weighted by atomic mass is 10.2. The minimum absolute atomic E-state index is 0.146. The summed E-state index contributed by atoms with van der Waals surface area (Å²) in [6.45, 7) is 3.07. The van der Waals surface area contributed by atoms with E-state index in [1.165, 1.54) is 11.5 Å². The summed E-state index contributed by atoms with van der Waals surface area (Å²) in [4.78, 5) is 31.4. The molecule has 0 aliphatic carbocycles. The van der Waals surface area contributed by atoms with E-state index >= 15 is 0 Å². The maximum atomic E-state index is 11.6. The molecule has 0 spiro atoms. The monoisotopic (exact) mass is 269 g/mol.